The highest BCUT2D eigenvalue weighted by Gasteiger charge is 2.33. The molecular formula is C78H90N6O4. The summed E-state index contributed by atoms with van der Waals surface area (Å²) in [6.07, 6.45) is 24.7. The molecule has 0 fully saturated rings. The van der Waals surface area contributed by atoms with Gasteiger partial charge < -0.3 is 31.2 Å². The Balaban J connectivity index is 0.941. The Morgan fingerprint density at radius 2 is 0.750 bits per heavy atom. The lowest BCUT2D eigenvalue weighted by Crippen LogP contribution is -2.34. The van der Waals surface area contributed by atoms with Crippen molar-refractivity contribution in [2.24, 2.45) is 11.5 Å². The topological polar surface area (TPSA) is 154 Å². The van der Waals surface area contributed by atoms with E-state index in [-0.39, 0.29) is 40.7 Å². The summed E-state index contributed by atoms with van der Waals surface area (Å²) in [5, 5.41) is 16.7. The second-order valence-electron chi connectivity index (χ2n) is 25.0. The van der Waals surface area contributed by atoms with Crippen LogP contribution in [-0.2, 0) is 38.8 Å². The van der Waals surface area contributed by atoms with Crippen LogP contribution in [0.15, 0.2) is 121 Å². The number of fused-ring (bicyclic) bond motifs is 8. The minimum atomic E-state index is -0.943. The molecule has 11 rings (SSSR count). The number of nitrogens with two attached hydrogens (primary N) is 2. The SMILES string of the molecule is CCCCCCc1ccc2c(c1)c1cc(CCCCCC)ccc1n2CCCNC(=O)c1c(C(N)=O)c2c(C(N)=O)ccc3c4cccc5cccc(c(c1C(=O)NCCCn1c6ccc(CCCCCC)cc6c6cc(CCCCCC)ccc61)c23)c54. The Morgan fingerprint density at radius 1 is 0.352 bits per heavy atom. The molecule has 6 N–H and O–H groups in total. The Hall–Kier alpha value is -8.24. The summed E-state index contributed by atoms with van der Waals surface area (Å²) in [5.74, 6) is -2.87. The van der Waals surface area contributed by atoms with E-state index in [0.717, 1.165) is 76.8 Å². The first-order chi connectivity index (χ1) is 43.0. The lowest BCUT2D eigenvalue weighted by Gasteiger charge is -2.23. The number of hydrogen-bond acceptors (Lipinski definition) is 4. The third kappa shape index (κ3) is 12.6. The van der Waals surface area contributed by atoms with Crippen LogP contribution in [0.1, 0.15) is 207 Å². The number of benzene rings is 9. The summed E-state index contributed by atoms with van der Waals surface area (Å²) in [4.78, 5) is 59.2. The van der Waals surface area contributed by atoms with Crippen LogP contribution in [0, 0.1) is 0 Å². The van der Waals surface area contributed by atoms with Gasteiger partial charge >= 0.3 is 0 Å². The molecular weight excluding hydrogens is 1080 g/mol. The van der Waals surface area contributed by atoms with Gasteiger partial charge in [0, 0.05) is 86.1 Å². The molecule has 0 aliphatic rings. The van der Waals surface area contributed by atoms with Crippen LogP contribution < -0.4 is 22.1 Å². The largest absolute Gasteiger partial charge is 0.366 e. The van der Waals surface area contributed by atoms with Crippen molar-refractivity contribution in [1.29, 1.82) is 0 Å². The fourth-order valence-electron chi connectivity index (χ4n) is 14.4. The molecule has 10 nitrogen and oxygen atoms in total. The number of nitrogens with zero attached hydrogens (tertiary/aromatic N) is 2. The van der Waals surface area contributed by atoms with Crippen LogP contribution in [0.3, 0.4) is 0 Å². The monoisotopic (exact) mass is 1170 g/mol. The van der Waals surface area contributed by atoms with Gasteiger partial charge in [-0.15, -0.1) is 0 Å². The van der Waals surface area contributed by atoms with Crippen molar-refractivity contribution in [2.75, 3.05) is 13.1 Å². The number of carbonyl (C=O) groups excluding carboxylic acids is 4. The summed E-state index contributed by atoms with van der Waals surface area (Å²) < 4.78 is 4.75. The van der Waals surface area contributed by atoms with Crippen molar-refractivity contribution in [3.8, 4) is 0 Å². The highest BCUT2D eigenvalue weighted by atomic mass is 16.2. The molecule has 0 atom stereocenters. The molecule has 456 valence electrons. The van der Waals surface area contributed by atoms with Gasteiger partial charge in [0.15, 0.2) is 0 Å². The molecule has 10 heteroatoms. The fourth-order valence-corrected chi connectivity index (χ4v) is 14.4. The zero-order chi connectivity index (χ0) is 61.3. The van der Waals surface area contributed by atoms with E-state index < -0.39 is 23.6 Å². The summed E-state index contributed by atoms with van der Waals surface area (Å²) in [5.41, 5.74) is 22.4. The molecule has 0 aliphatic heterocycles. The van der Waals surface area contributed by atoms with Crippen LogP contribution in [-0.4, -0.2) is 45.9 Å². The van der Waals surface area contributed by atoms with E-state index in [0.29, 0.717) is 47.5 Å². The van der Waals surface area contributed by atoms with Crippen molar-refractivity contribution in [2.45, 2.75) is 182 Å². The average Bonchev–Trinajstić information content (AvgIpc) is 0.819. The molecule has 4 amide bonds. The van der Waals surface area contributed by atoms with Crippen molar-refractivity contribution < 1.29 is 19.2 Å². The molecule has 0 radical (unpaired) electrons. The van der Waals surface area contributed by atoms with E-state index in [1.54, 1.807) is 6.07 Å². The zero-order valence-corrected chi connectivity index (χ0v) is 52.6. The maximum Gasteiger partial charge on any atom is 0.252 e. The van der Waals surface area contributed by atoms with E-state index in [9.17, 15) is 9.59 Å². The second-order valence-corrected chi connectivity index (χ2v) is 25.0. The summed E-state index contributed by atoms with van der Waals surface area (Å²) in [7, 11) is 0. The van der Waals surface area contributed by atoms with Gasteiger partial charge in [0.05, 0.1) is 16.7 Å². The lowest BCUT2D eigenvalue weighted by molar-refractivity contribution is 0.0913. The van der Waals surface area contributed by atoms with Crippen LogP contribution in [0.25, 0.3) is 86.7 Å². The van der Waals surface area contributed by atoms with E-state index >= 15 is 9.59 Å². The summed E-state index contributed by atoms with van der Waals surface area (Å²) in [6, 6.07) is 43.1. The molecule has 9 aromatic carbocycles. The fraction of sp³-hybridized carbons (Fsp3) is 0.385. The molecule has 0 saturated carbocycles. The van der Waals surface area contributed by atoms with Crippen LogP contribution in [0.2, 0.25) is 0 Å². The van der Waals surface area contributed by atoms with E-state index in [4.69, 9.17) is 11.5 Å². The van der Waals surface area contributed by atoms with Crippen molar-refractivity contribution in [1.82, 2.24) is 19.8 Å². The van der Waals surface area contributed by atoms with Gasteiger partial charge in [0.25, 0.3) is 11.8 Å². The molecule has 0 unspecified atom stereocenters. The van der Waals surface area contributed by atoms with E-state index in [1.807, 2.05) is 42.5 Å². The minimum Gasteiger partial charge on any atom is -0.366 e. The van der Waals surface area contributed by atoms with Crippen LogP contribution in [0.5, 0.6) is 0 Å². The Morgan fingerprint density at radius 3 is 1.15 bits per heavy atom. The Bertz CT molecular complexity index is 4210. The number of rotatable bonds is 32. The predicted octanol–water partition coefficient (Wildman–Crippen LogP) is 18.3. The van der Waals surface area contributed by atoms with Crippen LogP contribution >= 0.6 is 0 Å². The number of nitrogens with one attached hydrogen (secondary N) is 2. The molecule has 0 spiro atoms. The van der Waals surface area contributed by atoms with E-state index in [2.05, 4.69) is 120 Å². The molecule has 88 heavy (non-hydrogen) atoms. The van der Waals surface area contributed by atoms with Crippen molar-refractivity contribution in [3.05, 3.63) is 166 Å². The average molecular weight is 1180 g/mol. The minimum absolute atomic E-state index is 0.0388. The first-order valence-corrected chi connectivity index (χ1v) is 33.5. The van der Waals surface area contributed by atoms with E-state index in [1.165, 1.54) is 134 Å². The number of unbranched alkanes of at least 4 members (excludes halogenated alkanes) is 12. The molecule has 2 heterocycles. The lowest BCUT2D eigenvalue weighted by atomic mass is 9.81. The predicted molar refractivity (Wildman–Crippen MR) is 369 cm³/mol. The normalized spacial score (nSPS) is 12.0. The summed E-state index contributed by atoms with van der Waals surface area (Å²) in [6.45, 7) is 10.7. The molecule has 0 saturated heterocycles. The van der Waals surface area contributed by atoms with Crippen molar-refractivity contribution in [3.63, 3.8) is 0 Å². The number of carbonyl (C=O) groups is 4. The maximum absolute atomic E-state index is 15.7. The van der Waals surface area contributed by atoms with Gasteiger partial charge in [-0.1, -0.05) is 171 Å². The highest BCUT2D eigenvalue weighted by Crippen LogP contribution is 2.46. The van der Waals surface area contributed by atoms with Gasteiger partial charge in [0.1, 0.15) is 0 Å². The molecule has 0 bridgehead atoms. The van der Waals surface area contributed by atoms with Gasteiger partial charge in [-0.05, 0) is 173 Å². The third-order valence-electron chi connectivity index (χ3n) is 18.8. The highest BCUT2D eigenvalue weighted by molar-refractivity contribution is 6.41. The number of primary amides is 2. The standard InChI is InChI=1S/C78H90N6O4/c1-5-9-13-17-25-51-33-39-64-60(47-51)61-48-52(26-18-14-10-6-2)34-40-65(61)83(64)45-23-43-81-77(87)73-70-58-32-22-30-55-29-21-31-56(68(55)58)57-37-38-59(75(79)85)71(69(57)70)72(76(80)86)74(73)78(88)82-44-24-46-84-66-41-35-53(27-19-15-11-7-3)49-62(66)63-50-54(36-42-67(63)84)28-20-16-12-8-4/h21-22,29-42,47-50H,5-20,23-28,43-46H2,1-4H3,(H2,79,85)(H2,80,86)(H,81,87)(H,82,88). The van der Waals surface area contributed by atoms with Gasteiger partial charge in [-0.25, -0.2) is 0 Å². The van der Waals surface area contributed by atoms with Crippen LogP contribution in [0.4, 0.5) is 0 Å². The molecule has 2 aromatic heterocycles. The van der Waals surface area contributed by atoms with Crippen molar-refractivity contribution >= 4 is 110 Å². The quantitative estimate of drug-likeness (QED) is 0.0188. The van der Waals surface area contributed by atoms with Gasteiger partial charge in [-0.3, -0.25) is 19.2 Å². The first kappa shape index (κ1) is 61.4. The smallest absolute Gasteiger partial charge is 0.252 e. The number of aromatic nitrogens is 2. The van der Waals surface area contributed by atoms with Gasteiger partial charge in [0.2, 0.25) is 11.8 Å². The Labute approximate surface area is 519 Å². The van der Waals surface area contributed by atoms with Gasteiger partial charge in [-0.2, -0.15) is 0 Å². The maximum atomic E-state index is 15.7. The first-order valence-electron chi connectivity index (χ1n) is 33.5. The number of aryl methyl sites for hydroxylation is 6. The molecule has 11 aromatic rings. The third-order valence-corrected chi connectivity index (χ3v) is 18.8. The number of hydrogen-bond donors (Lipinski definition) is 4. The second kappa shape index (κ2) is 28.3. The number of amides is 4. The zero-order valence-electron chi connectivity index (χ0n) is 52.6. The summed E-state index contributed by atoms with van der Waals surface area (Å²) >= 11 is 0. The molecule has 0 aliphatic carbocycles. The Kier molecular flexibility index (Phi) is 19.7.